The van der Waals surface area contributed by atoms with Gasteiger partial charge in [0.1, 0.15) is 11.6 Å². The molecule has 0 aliphatic carbocycles. The van der Waals surface area contributed by atoms with E-state index < -0.39 is 39.3 Å². The number of benzene rings is 2. The van der Waals surface area contributed by atoms with E-state index in [9.17, 15) is 23.1 Å². The molecule has 5 rings (SSSR count). The molecule has 2 aromatic carbocycles. The van der Waals surface area contributed by atoms with Crippen LogP contribution in [0.3, 0.4) is 0 Å². The molecular formula is C30H36FN3O6S. The molecule has 1 N–H and O–H groups in total. The molecule has 3 aliphatic rings. The first kappa shape index (κ1) is 29.4. The van der Waals surface area contributed by atoms with Crippen LogP contribution in [-0.2, 0) is 24.3 Å². The van der Waals surface area contributed by atoms with Gasteiger partial charge >= 0.3 is 0 Å². The van der Waals surface area contributed by atoms with Crippen molar-refractivity contribution in [1.29, 1.82) is 0 Å². The number of hydrogen-bond acceptors (Lipinski definition) is 7. The maximum Gasteiger partial charge on any atom is 0.295 e. The number of ketones is 1. The third kappa shape index (κ3) is 6.23. The van der Waals surface area contributed by atoms with Crippen molar-refractivity contribution < 1.29 is 32.2 Å². The Bertz CT molecular complexity index is 1400. The fourth-order valence-electron chi connectivity index (χ4n) is 5.79. The van der Waals surface area contributed by atoms with Crippen LogP contribution >= 0.6 is 0 Å². The molecule has 3 saturated heterocycles. The molecule has 3 fully saturated rings. The van der Waals surface area contributed by atoms with Crippen molar-refractivity contribution in [2.75, 3.05) is 52.5 Å². The average Bonchev–Trinajstić information content (AvgIpc) is 3.16. The van der Waals surface area contributed by atoms with Gasteiger partial charge in [0.05, 0.1) is 29.7 Å². The summed E-state index contributed by atoms with van der Waals surface area (Å²) in [7, 11) is -3.71. The van der Waals surface area contributed by atoms with Crippen LogP contribution in [0, 0.1) is 5.82 Å². The van der Waals surface area contributed by atoms with Crippen molar-refractivity contribution in [3.8, 4) is 0 Å². The highest BCUT2D eigenvalue weighted by atomic mass is 32.2. The minimum atomic E-state index is -3.71. The van der Waals surface area contributed by atoms with Crippen LogP contribution in [0.2, 0.25) is 0 Å². The van der Waals surface area contributed by atoms with E-state index in [1.165, 1.54) is 51.7 Å². The predicted octanol–water partition coefficient (Wildman–Crippen LogP) is 3.53. The monoisotopic (exact) mass is 585 g/mol. The van der Waals surface area contributed by atoms with E-state index in [4.69, 9.17) is 4.74 Å². The van der Waals surface area contributed by atoms with E-state index in [1.54, 1.807) is 6.07 Å². The number of carbonyl (C=O) groups excluding carboxylic acids is 2. The number of morpholine rings is 1. The summed E-state index contributed by atoms with van der Waals surface area (Å²) in [5, 5.41) is 11.3. The average molecular weight is 586 g/mol. The van der Waals surface area contributed by atoms with Gasteiger partial charge in [-0.3, -0.25) is 14.5 Å². The van der Waals surface area contributed by atoms with Crippen molar-refractivity contribution in [2.45, 2.75) is 43.0 Å². The Labute approximate surface area is 240 Å². The zero-order valence-corrected chi connectivity index (χ0v) is 23.8. The Morgan fingerprint density at radius 1 is 0.902 bits per heavy atom. The van der Waals surface area contributed by atoms with Gasteiger partial charge in [0.2, 0.25) is 10.0 Å². The third-order valence-corrected chi connectivity index (χ3v) is 9.96. The van der Waals surface area contributed by atoms with Gasteiger partial charge in [-0.25, -0.2) is 12.8 Å². The van der Waals surface area contributed by atoms with Crippen molar-refractivity contribution in [2.24, 2.45) is 0 Å². The smallest absolute Gasteiger partial charge is 0.295 e. The number of aliphatic hydroxyl groups is 1. The molecule has 41 heavy (non-hydrogen) atoms. The summed E-state index contributed by atoms with van der Waals surface area (Å²) >= 11 is 0. The number of aliphatic hydroxyl groups excluding tert-OH is 1. The molecule has 1 unspecified atom stereocenters. The second-order valence-corrected chi connectivity index (χ2v) is 12.6. The molecule has 0 saturated carbocycles. The SMILES string of the molecule is O=C1C(=O)N(CCCN2CCOCC2)C(c2ccccc2F)/C1=C(\O)c1ccc(S(=O)(=O)N2CCCCCC2)cc1. The number of carbonyl (C=O) groups is 2. The van der Waals surface area contributed by atoms with Gasteiger partial charge in [-0.05, 0) is 49.6 Å². The van der Waals surface area contributed by atoms with Crippen LogP contribution in [-0.4, -0.2) is 91.8 Å². The maximum absolute atomic E-state index is 15.1. The lowest BCUT2D eigenvalue weighted by atomic mass is 9.95. The van der Waals surface area contributed by atoms with E-state index in [0.29, 0.717) is 39.3 Å². The van der Waals surface area contributed by atoms with Gasteiger partial charge in [-0.2, -0.15) is 4.31 Å². The highest BCUT2D eigenvalue weighted by molar-refractivity contribution is 7.89. The molecule has 0 bridgehead atoms. The fraction of sp³-hybridized carbons (Fsp3) is 0.467. The van der Waals surface area contributed by atoms with Crippen molar-refractivity contribution >= 4 is 27.5 Å². The zero-order valence-electron chi connectivity index (χ0n) is 23.0. The highest BCUT2D eigenvalue weighted by Gasteiger charge is 2.46. The topological polar surface area (TPSA) is 107 Å². The first-order chi connectivity index (χ1) is 19.8. The number of likely N-dealkylation sites (tertiary alicyclic amines) is 1. The van der Waals surface area contributed by atoms with Crippen molar-refractivity contribution in [3.05, 3.63) is 71.0 Å². The predicted molar refractivity (Wildman–Crippen MR) is 151 cm³/mol. The number of amides is 1. The maximum atomic E-state index is 15.1. The summed E-state index contributed by atoms with van der Waals surface area (Å²) < 4.78 is 48.3. The Morgan fingerprint density at radius 3 is 2.22 bits per heavy atom. The Morgan fingerprint density at radius 2 is 1.56 bits per heavy atom. The summed E-state index contributed by atoms with van der Waals surface area (Å²) in [5.74, 6) is -2.76. The number of ether oxygens (including phenoxy) is 1. The van der Waals surface area contributed by atoms with Crippen molar-refractivity contribution in [3.63, 3.8) is 0 Å². The Balaban J connectivity index is 1.44. The minimum Gasteiger partial charge on any atom is -0.507 e. The lowest BCUT2D eigenvalue weighted by molar-refractivity contribution is -0.140. The van der Waals surface area contributed by atoms with E-state index in [2.05, 4.69) is 4.90 Å². The fourth-order valence-corrected chi connectivity index (χ4v) is 7.31. The van der Waals surface area contributed by atoms with Crippen LogP contribution in [0.25, 0.3) is 5.76 Å². The van der Waals surface area contributed by atoms with Gasteiger partial charge in [0.25, 0.3) is 11.7 Å². The van der Waals surface area contributed by atoms with E-state index in [1.807, 2.05) is 0 Å². The molecule has 3 aliphatic heterocycles. The van der Waals surface area contributed by atoms with E-state index in [-0.39, 0.29) is 28.1 Å². The Kier molecular flexibility index (Phi) is 9.18. The number of Topliss-reactive ketones (excluding diaryl/α,β-unsaturated/α-hetero) is 1. The Hall–Kier alpha value is -3.12. The third-order valence-electron chi connectivity index (χ3n) is 8.05. The highest BCUT2D eigenvalue weighted by Crippen LogP contribution is 2.40. The van der Waals surface area contributed by atoms with Crippen LogP contribution in [0.15, 0.2) is 59.0 Å². The number of rotatable bonds is 8. The van der Waals surface area contributed by atoms with Crippen LogP contribution in [0.1, 0.15) is 49.3 Å². The van der Waals surface area contributed by atoms with E-state index >= 15 is 4.39 Å². The number of halogens is 1. The van der Waals surface area contributed by atoms with Gasteiger partial charge < -0.3 is 14.7 Å². The van der Waals surface area contributed by atoms with Crippen molar-refractivity contribution in [1.82, 2.24) is 14.1 Å². The van der Waals surface area contributed by atoms with E-state index in [0.717, 1.165) is 38.8 Å². The molecular weight excluding hydrogens is 549 g/mol. The number of hydrogen-bond donors (Lipinski definition) is 1. The first-order valence-electron chi connectivity index (χ1n) is 14.2. The van der Waals surface area contributed by atoms with Gasteiger partial charge in [-0.1, -0.05) is 31.0 Å². The summed E-state index contributed by atoms with van der Waals surface area (Å²) in [6.07, 6.45) is 4.15. The molecule has 0 radical (unpaired) electrons. The minimum absolute atomic E-state index is 0.0881. The summed E-state index contributed by atoms with van der Waals surface area (Å²) in [4.78, 5) is 30.1. The summed E-state index contributed by atoms with van der Waals surface area (Å²) in [6.45, 7) is 4.63. The molecule has 3 heterocycles. The molecule has 2 aromatic rings. The summed E-state index contributed by atoms with van der Waals surface area (Å²) in [5.41, 5.74) is 0.0713. The lowest BCUT2D eigenvalue weighted by Gasteiger charge is -2.29. The lowest BCUT2D eigenvalue weighted by Crippen LogP contribution is -2.39. The van der Waals surface area contributed by atoms with Crippen LogP contribution < -0.4 is 0 Å². The summed E-state index contributed by atoms with van der Waals surface area (Å²) in [6, 6.07) is 10.4. The second-order valence-electron chi connectivity index (χ2n) is 10.7. The molecule has 11 heteroatoms. The molecule has 220 valence electrons. The zero-order chi connectivity index (χ0) is 29.0. The molecule has 9 nitrogen and oxygen atoms in total. The molecule has 1 atom stereocenters. The number of nitrogens with zero attached hydrogens (tertiary/aromatic N) is 3. The standard InChI is InChI=1S/C30H36FN3O6S/c31-25-9-4-3-8-24(25)27-26(29(36)30(37)34(27)17-7-14-32-18-20-40-21-19-32)28(35)22-10-12-23(13-11-22)41(38,39)33-15-5-1-2-6-16-33/h3-4,8-13,27,35H,1-2,5-7,14-21H2/b28-26+. The molecule has 1 amide bonds. The first-order valence-corrected chi connectivity index (χ1v) is 15.7. The van der Waals surface area contributed by atoms with Crippen LogP contribution in [0.5, 0.6) is 0 Å². The van der Waals surface area contributed by atoms with Gasteiger partial charge in [0.15, 0.2) is 0 Å². The normalized spacial score (nSPS) is 22.7. The quantitative estimate of drug-likeness (QED) is 0.287. The van der Waals surface area contributed by atoms with Crippen LogP contribution in [0.4, 0.5) is 4.39 Å². The number of sulfonamides is 1. The largest absolute Gasteiger partial charge is 0.507 e. The van der Waals surface area contributed by atoms with Gasteiger partial charge in [0, 0.05) is 50.4 Å². The molecule has 0 spiro atoms. The molecule has 0 aromatic heterocycles. The second kappa shape index (κ2) is 12.8. The van der Waals surface area contributed by atoms with Gasteiger partial charge in [-0.15, -0.1) is 0 Å².